The van der Waals surface area contributed by atoms with Gasteiger partial charge in [-0.3, -0.25) is 9.59 Å². The van der Waals surface area contributed by atoms with E-state index in [2.05, 4.69) is 0 Å². The minimum atomic E-state index is -0.465. The fourth-order valence-electron chi connectivity index (χ4n) is 3.71. The summed E-state index contributed by atoms with van der Waals surface area (Å²) in [6, 6.07) is 6.71. The summed E-state index contributed by atoms with van der Waals surface area (Å²) in [5.41, 5.74) is 0.749. The standard InChI is InChI=1S/C17H18N2O5/c1-23-12-4-2-11(3-5-12)18-8-10(6-15(18)20)16(21)19-9-13-7-14(19)17(22)24-13/h2-5,10,13-14H,6-9H2,1H3. The quantitative estimate of drug-likeness (QED) is 0.758. The molecule has 0 spiro atoms. The van der Waals surface area contributed by atoms with Gasteiger partial charge >= 0.3 is 5.97 Å². The van der Waals surface area contributed by atoms with Crippen LogP contribution in [0.2, 0.25) is 0 Å². The molecule has 3 fully saturated rings. The van der Waals surface area contributed by atoms with Crippen LogP contribution in [0.3, 0.4) is 0 Å². The Morgan fingerprint density at radius 2 is 1.96 bits per heavy atom. The van der Waals surface area contributed by atoms with E-state index in [-0.39, 0.29) is 30.3 Å². The molecule has 3 aliphatic heterocycles. The highest BCUT2D eigenvalue weighted by atomic mass is 16.6. The maximum Gasteiger partial charge on any atom is 0.329 e. The molecule has 0 aliphatic carbocycles. The van der Waals surface area contributed by atoms with Gasteiger partial charge in [0.1, 0.15) is 17.9 Å². The van der Waals surface area contributed by atoms with Gasteiger partial charge in [-0.15, -0.1) is 0 Å². The van der Waals surface area contributed by atoms with Crippen molar-refractivity contribution in [2.45, 2.75) is 25.0 Å². The zero-order valence-electron chi connectivity index (χ0n) is 13.3. The molecule has 3 heterocycles. The molecule has 24 heavy (non-hydrogen) atoms. The molecular formula is C17H18N2O5. The molecule has 0 radical (unpaired) electrons. The van der Waals surface area contributed by atoms with E-state index in [1.54, 1.807) is 41.2 Å². The average molecular weight is 330 g/mol. The fourth-order valence-corrected chi connectivity index (χ4v) is 3.71. The first-order valence-corrected chi connectivity index (χ1v) is 8.02. The van der Waals surface area contributed by atoms with Crippen molar-refractivity contribution >= 4 is 23.5 Å². The van der Waals surface area contributed by atoms with Crippen molar-refractivity contribution in [1.82, 2.24) is 4.90 Å². The van der Waals surface area contributed by atoms with Crippen LogP contribution in [0.4, 0.5) is 5.69 Å². The van der Waals surface area contributed by atoms with Gasteiger partial charge in [-0.05, 0) is 24.3 Å². The number of fused-ring (bicyclic) bond motifs is 2. The summed E-state index contributed by atoms with van der Waals surface area (Å²) >= 11 is 0. The summed E-state index contributed by atoms with van der Waals surface area (Å²) in [7, 11) is 1.58. The number of hydrogen-bond acceptors (Lipinski definition) is 5. The van der Waals surface area contributed by atoms with Crippen LogP contribution < -0.4 is 9.64 Å². The summed E-state index contributed by atoms with van der Waals surface area (Å²) in [5, 5.41) is 0. The Labute approximate surface area is 139 Å². The molecule has 0 N–H and O–H groups in total. The normalized spacial score (nSPS) is 28.5. The zero-order valence-corrected chi connectivity index (χ0v) is 13.3. The molecule has 0 saturated carbocycles. The average Bonchev–Trinajstić information content (AvgIpc) is 3.27. The molecule has 4 rings (SSSR count). The van der Waals surface area contributed by atoms with Crippen molar-refractivity contribution in [2.24, 2.45) is 5.92 Å². The molecule has 2 bridgehead atoms. The number of benzene rings is 1. The van der Waals surface area contributed by atoms with Gasteiger partial charge in [0.05, 0.1) is 19.6 Å². The fraction of sp³-hybridized carbons (Fsp3) is 0.471. The summed E-state index contributed by atoms with van der Waals surface area (Å²) in [5.74, 6) is -0.221. The molecule has 3 aliphatic rings. The number of morpholine rings is 1. The van der Waals surface area contributed by atoms with Gasteiger partial charge in [0.15, 0.2) is 0 Å². The molecule has 2 amide bonds. The molecule has 7 heteroatoms. The number of carbonyl (C=O) groups excluding carboxylic acids is 3. The molecule has 1 aromatic rings. The molecule has 3 atom stereocenters. The first-order valence-electron chi connectivity index (χ1n) is 8.02. The van der Waals surface area contributed by atoms with Crippen LogP contribution in [0.1, 0.15) is 12.8 Å². The van der Waals surface area contributed by atoms with E-state index < -0.39 is 12.0 Å². The molecular weight excluding hydrogens is 312 g/mol. The molecule has 3 unspecified atom stereocenters. The first-order chi connectivity index (χ1) is 11.6. The van der Waals surface area contributed by atoms with Crippen LogP contribution in [0.25, 0.3) is 0 Å². The topological polar surface area (TPSA) is 76.2 Å². The first kappa shape index (κ1) is 15.0. The van der Waals surface area contributed by atoms with Crippen molar-refractivity contribution in [3.8, 4) is 5.75 Å². The third kappa shape index (κ3) is 2.31. The number of amides is 2. The molecule has 3 saturated heterocycles. The van der Waals surface area contributed by atoms with Gasteiger partial charge < -0.3 is 19.3 Å². The second-order valence-electron chi connectivity index (χ2n) is 6.40. The van der Waals surface area contributed by atoms with Gasteiger partial charge in [0.25, 0.3) is 0 Å². The molecule has 126 valence electrons. The van der Waals surface area contributed by atoms with Crippen molar-refractivity contribution in [3.05, 3.63) is 24.3 Å². The van der Waals surface area contributed by atoms with E-state index in [9.17, 15) is 14.4 Å². The number of likely N-dealkylation sites (tertiary alicyclic amines) is 1. The number of methoxy groups -OCH3 is 1. The lowest BCUT2D eigenvalue weighted by Gasteiger charge is -2.28. The summed E-state index contributed by atoms with van der Waals surface area (Å²) in [6.45, 7) is 0.787. The third-order valence-electron chi connectivity index (χ3n) is 4.96. The molecule has 7 nitrogen and oxygen atoms in total. The van der Waals surface area contributed by atoms with Crippen LogP contribution in [0, 0.1) is 5.92 Å². The van der Waals surface area contributed by atoms with Crippen LogP contribution in [0.5, 0.6) is 5.75 Å². The van der Waals surface area contributed by atoms with E-state index in [1.165, 1.54) is 0 Å². The van der Waals surface area contributed by atoms with Crippen molar-refractivity contribution in [3.63, 3.8) is 0 Å². The Hall–Kier alpha value is -2.57. The Balaban J connectivity index is 1.47. The van der Waals surface area contributed by atoms with Gasteiger partial charge in [-0.2, -0.15) is 0 Å². The van der Waals surface area contributed by atoms with Crippen molar-refractivity contribution in [2.75, 3.05) is 25.1 Å². The van der Waals surface area contributed by atoms with E-state index in [0.29, 0.717) is 25.3 Å². The van der Waals surface area contributed by atoms with Crippen molar-refractivity contribution < 1.29 is 23.9 Å². The van der Waals surface area contributed by atoms with E-state index in [0.717, 1.165) is 5.69 Å². The number of nitrogens with zero attached hydrogens (tertiary/aromatic N) is 2. The summed E-state index contributed by atoms with van der Waals surface area (Å²) in [6.07, 6.45) is 0.572. The highest BCUT2D eigenvalue weighted by Crippen LogP contribution is 2.33. The SMILES string of the molecule is COc1ccc(N2CC(C(=O)N3CC4CC3C(=O)O4)CC2=O)cc1. The van der Waals surface area contributed by atoms with Gasteiger partial charge in [-0.1, -0.05) is 0 Å². The van der Waals surface area contributed by atoms with Gasteiger partial charge in [-0.25, -0.2) is 4.79 Å². The maximum atomic E-state index is 12.7. The van der Waals surface area contributed by atoms with Crippen molar-refractivity contribution in [1.29, 1.82) is 0 Å². The molecule has 0 aromatic heterocycles. The van der Waals surface area contributed by atoms with Crippen LogP contribution >= 0.6 is 0 Å². The van der Waals surface area contributed by atoms with Gasteiger partial charge in [0.2, 0.25) is 11.8 Å². The lowest BCUT2D eigenvalue weighted by molar-refractivity contribution is -0.158. The number of hydrogen-bond donors (Lipinski definition) is 0. The lowest BCUT2D eigenvalue weighted by Crippen LogP contribution is -2.47. The van der Waals surface area contributed by atoms with E-state index >= 15 is 0 Å². The summed E-state index contributed by atoms with van der Waals surface area (Å²) < 4.78 is 10.2. The number of esters is 1. The second kappa shape index (κ2) is 5.51. The monoisotopic (exact) mass is 330 g/mol. The Morgan fingerprint density at radius 1 is 1.21 bits per heavy atom. The number of anilines is 1. The predicted octanol–water partition coefficient (Wildman–Crippen LogP) is 0.574. The lowest BCUT2D eigenvalue weighted by atomic mass is 10.1. The predicted molar refractivity (Wildman–Crippen MR) is 83.5 cm³/mol. The smallest absolute Gasteiger partial charge is 0.329 e. The van der Waals surface area contributed by atoms with Gasteiger partial charge in [0, 0.05) is 25.1 Å². The highest BCUT2D eigenvalue weighted by Gasteiger charge is 2.50. The number of rotatable bonds is 3. The largest absolute Gasteiger partial charge is 0.497 e. The minimum absolute atomic E-state index is 0.0783. The zero-order chi connectivity index (χ0) is 16.8. The Kier molecular flexibility index (Phi) is 3.44. The Bertz CT molecular complexity index is 701. The van der Waals surface area contributed by atoms with E-state index in [1.807, 2.05) is 0 Å². The number of carbonyl (C=O) groups is 3. The Morgan fingerprint density at radius 3 is 2.58 bits per heavy atom. The third-order valence-corrected chi connectivity index (χ3v) is 4.96. The van der Waals surface area contributed by atoms with E-state index in [4.69, 9.17) is 9.47 Å². The van der Waals surface area contributed by atoms with Crippen LogP contribution in [0.15, 0.2) is 24.3 Å². The minimum Gasteiger partial charge on any atom is -0.497 e. The van der Waals surface area contributed by atoms with Crippen LogP contribution in [-0.2, 0) is 19.1 Å². The second-order valence-corrected chi connectivity index (χ2v) is 6.40. The maximum absolute atomic E-state index is 12.7. The summed E-state index contributed by atoms with van der Waals surface area (Å²) in [4.78, 5) is 39.9. The highest BCUT2D eigenvalue weighted by molar-refractivity contribution is 6.01. The molecule has 1 aromatic carbocycles. The number of ether oxygens (including phenoxy) is 2. The van der Waals surface area contributed by atoms with Crippen LogP contribution in [-0.4, -0.2) is 55.0 Å².